The number of rotatable bonds is 5. The van der Waals surface area contributed by atoms with Gasteiger partial charge in [-0.3, -0.25) is 9.69 Å². The van der Waals surface area contributed by atoms with E-state index < -0.39 is 0 Å². The van der Waals surface area contributed by atoms with Crippen LogP contribution in [0, 0.1) is 0 Å². The summed E-state index contributed by atoms with van der Waals surface area (Å²) in [6.45, 7) is 0.323. The van der Waals surface area contributed by atoms with E-state index in [0.717, 1.165) is 33.5 Å². The molecule has 0 N–H and O–H groups in total. The van der Waals surface area contributed by atoms with Gasteiger partial charge in [-0.15, -0.1) is 0 Å². The number of aryl methyl sites for hydroxylation is 1. The van der Waals surface area contributed by atoms with Gasteiger partial charge in [-0.05, 0) is 35.4 Å². The number of anilines is 1. The Bertz CT molecular complexity index is 1300. The van der Waals surface area contributed by atoms with Crippen molar-refractivity contribution < 1.29 is 9.21 Å². The molecule has 2 heterocycles. The van der Waals surface area contributed by atoms with Crippen molar-refractivity contribution in [3.05, 3.63) is 109 Å². The number of benzene rings is 3. The predicted octanol–water partition coefficient (Wildman–Crippen LogP) is 5.68. The maximum absolute atomic E-state index is 13.4. The number of furan rings is 1. The van der Waals surface area contributed by atoms with Crippen molar-refractivity contribution in [1.82, 2.24) is 9.55 Å². The molecule has 1 amide bonds. The fraction of sp³-hybridized carbons (Fsp3) is 0.0769. The monoisotopic (exact) mass is 407 g/mol. The fourth-order valence-electron chi connectivity index (χ4n) is 3.72. The molecule has 0 bridgehead atoms. The van der Waals surface area contributed by atoms with Crippen LogP contribution < -0.4 is 4.90 Å². The molecule has 152 valence electrons. The largest absolute Gasteiger partial charge is 0.459 e. The third kappa shape index (κ3) is 3.73. The van der Waals surface area contributed by atoms with Crippen LogP contribution in [-0.2, 0) is 13.6 Å². The molecule has 0 radical (unpaired) electrons. The second-order valence-electron chi connectivity index (χ2n) is 7.44. The Morgan fingerprint density at radius 2 is 1.65 bits per heavy atom. The van der Waals surface area contributed by atoms with Gasteiger partial charge < -0.3 is 8.98 Å². The quantitative estimate of drug-likeness (QED) is 0.377. The normalized spacial score (nSPS) is 11.0. The summed E-state index contributed by atoms with van der Waals surface area (Å²) in [5, 5.41) is 1.02. The average Bonchev–Trinajstić information content (AvgIpc) is 3.43. The lowest BCUT2D eigenvalue weighted by molar-refractivity contribution is 0.0975. The van der Waals surface area contributed by atoms with Gasteiger partial charge in [0, 0.05) is 18.1 Å². The van der Waals surface area contributed by atoms with E-state index in [1.807, 2.05) is 79.8 Å². The first kappa shape index (κ1) is 18.9. The number of para-hydroxylation sites is 1. The van der Waals surface area contributed by atoms with Crippen LogP contribution in [-0.4, -0.2) is 15.5 Å². The van der Waals surface area contributed by atoms with Crippen LogP contribution in [0.25, 0.3) is 22.1 Å². The molecule has 5 nitrogen and oxygen atoms in total. The number of amides is 1. The lowest BCUT2D eigenvalue weighted by atomic mass is 10.1. The highest BCUT2D eigenvalue weighted by Crippen LogP contribution is 2.27. The highest BCUT2D eigenvalue weighted by Gasteiger charge is 2.22. The molecule has 0 saturated carbocycles. The molecule has 0 saturated heterocycles. The average molecular weight is 407 g/mol. The number of nitrogens with zero attached hydrogens (tertiary/aromatic N) is 3. The standard InChI is InChI=1S/C26H21N3O2/c1-28-18-27-16-24(28)26(30)29(17-23-15-21-9-5-6-10-25(21)31-23)22-13-11-20(12-14-22)19-7-3-2-4-8-19/h2-16,18H,17H2,1H3. The van der Waals surface area contributed by atoms with E-state index in [4.69, 9.17) is 4.42 Å². The van der Waals surface area contributed by atoms with Gasteiger partial charge in [-0.25, -0.2) is 4.98 Å². The molecule has 0 unspecified atom stereocenters. The maximum Gasteiger partial charge on any atom is 0.276 e. The lowest BCUT2D eigenvalue weighted by Crippen LogP contribution is -2.31. The van der Waals surface area contributed by atoms with Gasteiger partial charge in [0.15, 0.2) is 0 Å². The molecular weight excluding hydrogens is 386 g/mol. The van der Waals surface area contributed by atoms with E-state index in [1.165, 1.54) is 0 Å². The number of carbonyl (C=O) groups excluding carboxylic acids is 1. The van der Waals surface area contributed by atoms with Crippen molar-refractivity contribution in [3.8, 4) is 11.1 Å². The van der Waals surface area contributed by atoms with E-state index in [0.29, 0.717) is 12.2 Å². The van der Waals surface area contributed by atoms with Crippen molar-refractivity contribution in [2.75, 3.05) is 4.90 Å². The number of fused-ring (bicyclic) bond motifs is 1. The van der Waals surface area contributed by atoms with Gasteiger partial charge >= 0.3 is 0 Å². The van der Waals surface area contributed by atoms with E-state index in [9.17, 15) is 4.79 Å². The lowest BCUT2D eigenvalue weighted by Gasteiger charge is -2.22. The first-order valence-electron chi connectivity index (χ1n) is 10.1. The van der Waals surface area contributed by atoms with E-state index in [1.54, 1.807) is 22.0 Å². The summed E-state index contributed by atoms with van der Waals surface area (Å²) in [5.74, 6) is 0.594. The van der Waals surface area contributed by atoms with Crippen LogP contribution in [0.4, 0.5) is 5.69 Å². The van der Waals surface area contributed by atoms with Gasteiger partial charge in [-0.1, -0.05) is 60.7 Å². The molecule has 0 aliphatic rings. The molecule has 0 aliphatic carbocycles. The minimum Gasteiger partial charge on any atom is -0.459 e. The van der Waals surface area contributed by atoms with Crippen molar-refractivity contribution in [1.29, 1.82) is 0 Å². The maximum atomic E-state index is 13.4. The van der Waals surface area contributed by atoms with Gasteiger partial charge in [0.25, 0.3) is 5.91 Å². The summed E-state index contributed by atoms with van der Waals surface area (Å²) < 4.78 is 7.72. The van der Waals surface area contributed by atoms with Crippen molar-refractivity contribution >= 4 is 22.6 Å². The highest BCUT2D eigenvalue weighted by atomic mass is 16.3. The number of hydrogen-bond acceptors (Lipinski definition) is 3. The molecule has 0 fully saturated rings. The number of aromatic nitrogens is 2. The van der Waals surface area contributed by atoms with Crippen molar-refractivity contribution in [2.45, 2.75) is 6.54 Å². The first-order valence-corrected chi connectivity index (χ1v) is 10.1. The van der Waals surface area contributed by atoms with Crippen LogP contribution in [0.3, 0.4) is 0 Å². The molecule has 5 heteroatoms. The zero-order chi connectivity index (χ0) is 21.2. The minimum absolute atomic E-state index is 0.132. The Morgan fingerprint density at radius 1 is 0.935 bits per heavy atom. The molecule has 0 atom stereocenters. The summed E-state index contributed by atoms with van der Waals surface area (Å²) in [6.07, 6.45) is 3.22. The van der Waals surface area contributed by atoms with Crippen molar-refractivity contribution in [3.63, 3.8) is 0 Å². The fourth-order valence-corrected chi connectivity index (χ4v) is 3.72. The summed E-state index contributed by atoms with van der Waals surface area (Å²) in [7, 11) is 1.82. The third-order valence-corrected chi connectivity index (χ3v) is 5.36. The summed E-state index contributed by atoms with van der Waals surface area (Å²) in [4.78, 5) is 19.3. The Morgan fingerprint density at radius 3 is 2.35 bits per heavy atom. The number of hydrogen-bond donors (Lipinski definition) is 0. The van der Waals surface area contributed by atoms with E-state index >= 15 is 0 Å². The molecular formula is C26H21N3O2. The van der Waals surface area contributed by atoms with Gasteiger partial charge in [-0.2, -0.15) is 0 Å². The van der Waals surface area contributed by atoms with Crippen LogP contribution in [0.1, 0.15) is 16.2 Å². The Hall–Kier alpha value is -4.12. The Labute approximate surface area is 180 Å². The SMILES string of the molecule is Cn1cncc1C(=O)N(Cc1cc2ccccc2o1)c1ccc(-c2ccccc2)cc1. The zero-order valence-corrected chi connectivity index (χ0v) is 17.1. The van der Waals surface area contributed by atoms with E-state index in [2.05, 4.69) is 17.1 Å². The zero-order valence-electron chi connectivity index (χ0n) is 17.1. The van der Waals surface area contributed by atoms with Crippen LogP contribution >= 0.6 is 0 Å². The first-order chi connectivity index (χ1) is 15.2. The minimum atomic E-state index is -0.132. The Kier molecular flexibility index (Phi) is 4.84. The molecule has 5 rings (SSSR count). The smallest absolute Gasteiger partial charge is 0.276 e. The molecule has 0 spiro atoms. The van der Waals surface area contributed by atoms with Gasteiger partial charge in [0.05, 0.1) is 19.1 Å². The van der Waals surface area contributed by atoms with Crippen molar-refractivity contribution in [2.24, 2.45) is 7.05 Å². The number of carbonyl (C=O) groups is 1. The van der Waals surface area contributed by atoms with Crippen LogP contribution in [0.5, 0.6) is 0 Å². The Balaban J connectivity index is 1.51. The van der Waals surface area contributed by atoms with Crippen LogP contribution in [0.15, 0.2) is 102 Å². The molecule has 5 aromatic rings. The van der Waals surface area contributed by atoms with Gasteiger partial charge in [0.2, 0.25) is 0 Å². The van der Waals surface area contributed by atoms with E-state index in [-0.39, 0.29) is 5.91 Å². The second-order valence-corrected chi connectivity index (χ2v) is 7.44. The summed E-state index contributed by atoms with van der Waals surface area (Å²) >= 11 is 0. The summed E-state index contributed by atoms with van der Waals surface area (Å²) in [5.41, 5.74) is 4.36. The topological polar surface area (TPSA) is 51.3 Å². The molecule has 3 aromatic carbocycles. The predicted molar refractivity (Wildman–Crippen MR) is 122 cm³/mol. The molecule has 2 aromatic heterocycles. The van der Waals surface area contributed by atoms with Gasteiger partial charge in [0.1, 0.15) is 17.0 Å². The highest BCUT2D eigenvalue weighted by molar-refractivity contribution is 6.05. The molecule has 31 heavy (non-hydrogen) atoms. The molecule has 0 aliphatic heterocycles. The third-order valence-electron chi connectivity index (χ3n) is 5.36. The second kappa shape index (κ2) is 7.95. The number of imidazole rings is 1. The summed E-state index contributed by atoms with van der Waals surface area (Å²) in [6, 6.07) is 28.0. The van der Waals surface area contributed by atoms with Crippen LogP contribution in [0.2, 0.25) is 0 Å².